The zero-order chi connectivity index (χ0) is 18.5. The first kappa shape index (κ1) is 18.5. The van der Waals surface area contributed by atoms with E-state index in [2.05, 4.69) is 25.8 Å². The third-order valence-corrected chi connectivity index (χ3v) is 4.78. The van der Waals surface area contributed by atoms with Crippen molar-refractivity contribution in [1.29, 1.82) is 0 Å². The molecule has 142 valence electrons. The molecule has 26 heavy (non-hydrogen) atoms. The summed E-state index contributed by atoms with van der Waals surface area (Å²) >= 11 is 0. The van der Waals surface area contributed by atoms with Crippen LogP contribution in [0.15, 0.2) is 12.5 Å². The Morgan fingerprint density at radius 3 is 2.88 bits per heavy atom. The second kappa shape index (κ2) is 8.37. The smallest absolute Gasteiger partial charge is 0.274 e. The predicted octanol–water partition coefficient (Wildman–Crippen LogP) is 0.449. The van der Waals surface area contributed by atoms with Crippen LogP contribution in [0.2, 0.25) is 0 Å². The minimum Gasteiger partial charge on any atom is -0.383 e. The number of carbonyl (C=O) groups excluding carboxylic acids is 1. The summed E-state index contributed by atoms with van der Waals surface area (Å²) in [5.41, 5.74) is 6.24. The Bertz CT molecular complexity index is 719. The standard InChI is InChI=1S/C16H26N8O2/c1-11(15-21-18-10-23(15)7-8-26-2)19-16(25)14-9-24(22-20-14)13-5-3-12(17)4-6-13/h9-13H,3-8,17H2,1-2H3,(H,19,25)/t11-,12?,13?/m1/s1. The minimum atomic E-state index is -0.306. The molecule has 0 aliphatic heterocycles. The lowest BCUT2D eigenvalue weighted by Crippen LogP contribution is -2.29. The third kappa shape index (κ3) is 4.25. The van der Waals surface area contributed by atoms with Crippen molar-refractivity contribution in [2.24, 2.45) is 5.73 Å². The molecule has 1 amide bonds. The molecule has 0 aromatic carbocycles. The van der Waals surface area contributed by atoms with E-state index in [1.807, 2.05) is 11.5 Å². The summed E-state index contributed by atoms with van der Waals surface area (Å²) in [6.07, 6.45) is 7.20. The Balaban J connectivity index is 1.61. The molecule has 10 heteroatoms. The van der Waals surface area contributed by atoms with Gasteiger partial charge in [0.05, 0.1) is 24.9 Å². The van der Waals surface area contributed by atoms with Gasteiger partial charge in [-0.15, -0.1) is 15.3 Å². The van der Waals surface area contributed by atoms with Gasteiger partial charge in [-0.3, -0.25) is 4.79 Å². The largest absolute Gasteiger partial charge is 0.383 e. The Labute approximate surface area is 152 Å². The third-order valence-electron chi connectivity index (χ3n) is 4.78. The van der Waals surface area contributed by atoms with Gasteiger partial charge in [0.2, 0.25) is 0 Å². The highest BCUT2D eigenvalue weighted by atomic mass is 16.5. The molecule has 2 heterocycles. The fourth-order valence-corrected chi connectivity index (χ4v) is 3.22. The number of methoxy groups -OCH3 is 1. The van der Waals surface area contributed by atoms with Crippen LogP contribution in [-0.2, 0) is 11.3 Å². The summed E-state index contributed by atoms with van der Waals surface area (Å²) in [5.74, 6) is 0.390. The number of ether oxygens (including phenoxy) is 1. The molecule has 1 atom stereocenters. The summed E-state index contributed by atoms with van der Waals surface area (Å²) in [6.45, 7) is 3.03. The maximum Gasteiger partial charge on any atom is 0.274 e. The lowest BCUT2D eigenvalue weighted by atomic mass is 9.92. The summed E-state index contributed by atoms with van der Waals surface area (Å²) in [5, 5.41) is 19.1. The fraction of sp³-hybridized carbons (Fsp3) is 0.688. The highest BCUT2D eigenvalue weighted by Crippen LogP contribution is 2.26. The number of amides is 1. The van der Waals surface area contributed by atoms with Gasteiger partial charge in [0.15, 0.2) is 11.5 Å². The van der Waals surface area contributed by atoms with Crippen molar-refractivity contribution >= 4 is 5.91 Å². The average molecular weight is 362 g/mol. The quantitative estimate of drug-likeness (QED) is 0.732. The Hall–Kier alpha value is -2.33. The van der Waals surface area contributed by atoms with Crippen molar-refractivity contribution < 1.29 is 9.53 Å². The molecule has 1 aliphatic carbocycles. The Morgan fingerprint density at radius 2 is 2.15 bits per heavy atom. The summed E-state index contributed by atoms with van der Waals surface area (Å²) in [7, 11) is 1.64. The molecule has 3 N–H and O–H groups in total. The van der Waals surface area contributed by atoms with Crippen LogP contribution < -0.4 is 11.1 Å². The van der Waals surface area contributed by atoms with E-state index in [0.29, 0.717) is 24.7 Å². The van der Waals surface area contributed by atoms with Crippen molar-refractivity contribution in [3.63, 3.8) is 0 Å². The van der Waals surface area contributed by atoms with Gasteiger partial charge in [0.1, 0.15) is 6.33 Å². The molecule has 1 saturated carbocycles. The van der Waals surface area contributed by atoms with Crippen molar-refractivity contribution in [3.8, 4) is 0 Å². The van der Waals surface area contributed by atoms with E-state index < -0.39 is 0 Å². The van der Waals surface area contributed by atoms with Gasteiger partial charge >= 0.3 is 0 Å². The van der Waals surface area contributed by atoms with Gasteiger partial charge in [-0.2, -0.15) is 0 Å². The summed E-state index contributed by atoms with van der Waals surface area (Å²) < 4.78 is 8.72. The van der Waals surface area contributed by atoms with Gasteiger partial charge in [-0.25, -0.2) is 4.68 Å². The van der Waals surface area contributed by atoms with Crippen LogP contribution in [0.3, 0.4) is 0 Å². The van der Waals surface area contributed by atoms with Crippen molar-refractivity contribution in [1.82, 2.24) is 35.1 Å². The number of hydrogen-bond donors (Lipinski definition) is 2. The SMILES string of the molecule is COCCn1cnnc1[C@@H](C)NC(=O)c1cn(C2CCC(N)CC2)nn1. The Kier molecular flexibility index (Phi) is 5.94. The highest BCUT2D eigenvalue weighted by molar-refractivity contribution is 5.92. The molecule has 0 unspecified atom stereocenters. The van der Waals surface area contributed by atoms with Crippen LogP contribution in [0.25, 0.3) is 0 Å². The first-order valence-electron chi connectivity index (χ1n) is 8.93. The fourth-order valence-electron chi connectivity index (χ4n) is 3.22. The molecule has 0 spiro atoms. The first-order chi connectivity index (χ1) is 12.6. The predicted molar refractivity (Wildman–Crippen MR) is 93.3 cm³/mol. The van der Waals surface area contributed by atoms with Gasteiger partial charge < -0.3 is 20.4 Å². The zero-order valence-corrected chi connectivity index (χ0v) is 15.2. The number of nitrogens with zero attached hydrogens (tertiary/aromatic N) is 6. The monoisotopic (exact) mass is 362 g/mol. The van der Waals surface area contributed by atoms with E-state index in [-0.39, 0.29) is 24.0 Å². The topological polar surface area (TPSA) is 126 Å². The number of carbonyl (C=O) groups is 1. The average Bonchev–Trinajstić information content (AvgIpc) is 3.30. The summed E-state index contributed by atoms with van der Waals surface area (Å²) in [4.78, 5) is 12.5. The maximum atomic E-state index is 12.5. The minimum absolute atomic E-state index is 0.262. The van der Waals surface area contributed by atoms with E-state index in [0.717, 1.165) is 25.7 Å². The molecule has 2 aromatic rings. The molecule has 1 aliphatic rings. The maximum absolute atomic E-state index is 12.5. The number of rotatable bonds is 7. The van der Waals surface area contributed by atoms with Gasteiger partial charge in [-0.1, -0.05) is 5.21 Å². The molecule has 10 nitrogen and oxygen atoms in total. The van der Waals surface area contributed by atoms with Crippen molar-refractivity contribution in [3.05, 3.63) is 24.0 Å². The van der Waals surface area contributed by atoms with E-state index in [1.165, 1.54) is 0 Å². The zero-order valence-electron chi connectivity index (χ0n) is 15.2. The Morgan fingerprint density at radius 1 is 1.38 bits per heavy atom. The van der Waals surface area contributed by atoms with Crippen LogP contribution in [-0.4, -0.2) is 55.4 Å². The molecular formula is C16H26N8O2. The molecule has 1 fully saturated rings. The molecule has 3 rings (SSSR count). The van der Waals surface area contributed by atoms with Gasteiger partial charge in [-0.05, 0) is 32.6 Å². The van der Waals surface area contributed by atoms with Crippen molar-refractivity contribution in [2.45, 2.75) is 57.3 Å². The molecular weight excluding hydrogens is 336 g/mol. The number of nitrogens with two attached hydrogens (primary N) is 1. The second-order valence-electron chi connectivity index (χ2n) is 6.72. The van der Waals surface area contributed by atoms with Crippen molar-refractivity contribution in [2.75, 3.05) is 13.7 Å². The normalized spacial score (nSPS) is 21.5. The number of hydrogen-bond acceptors (Lipinski definition) is 7. The van der Waals surface area contributed by atoms with Crippen LogP contribution in [0, 0.1) is 0 Å². The van der Waals surface area contributed by atoms with Crippen LogP contribution >= 0.6 is 0 Å². The highest BCUT2D eigenvalue weighted by Gasteiger charge is 2.23. The molecule has 0 saturated heterocycles. The van der Waals surface area contributed by atoms with Crippen LogP contribution in [0.1, 0.15) is 61.0 Å². The van der Waals surface area contributed by atoms with E-state index in [4.69, 9.17) is 10.5 Å². The van der Waals surface area contributed by atoms with Gasteiger partial charge in [0.25, 0.3) is 5.91 Å². The first-order valence-corrected chi connectivity index (χ1v) is 8.93. The van der Waals surface area contributed by atoms with Gasteiger partial charge in [0, 0.05) is 19.7 Å². The van der Waals surface area contributed by atoms with Crippen LogP contribution in [0.4, 0.5) is 0 Å². The van der Waals surface area contributed by atoms with E-state index in [1.54, 1.807) is 24.3 Å². The molecule has 0 bridgehead atoms. The molecule has 2 aromatic heterocycles. The second-order valence-corrected chi connectivity index (χ2v) is 6.72. The van der Waals surface area contributed by atoms with E-state index in [9.17, 15) is 4.79 Å². The lowest BCUT2D eigenvalue weighted by molar-refractivity contribution is 0.0932. The van der Waals surface area contributed by atoms with Crippen LogP contribution in [0.5, 0.6) is 0 Å². The number of aromatic nitrogens is 6. The van der Waals surface area contributed by atoms with E-state index >= 15 is 0 Å². The summed E-state index contributed by atoms with van der Waals surface area (Å²) in [6, 6.07) is 0.229. The number of nitrogens with one attached hydrogen (secondary N) is 1. The molecule has 0 radical (unpaired) electrons. The lowest BCUT2D eigenvalue weighted by Gasteiger charge is -2.25.